The van der Waals surface area contributed by atoms with Crippen molar-refractivity contribution in [3.8, 4) is 0 Å². The van der Waals surface area contributed by atoms with Crippen LogP contribution in [0.2, 0.25) is 5.02 Å². The summed E-state index contributed by atoms with van der Waals surface area (Å²) in [4.78, 5) is 16.0. The van der Waals surface area contributed by atoms with Crippen LogP contribution in [0.15, 0.2) is 59.6 Å². The molecule has 0 bridgehead atoms. The first kappa shape index (κ1) is 17.5. The quantitative estimate of drug-likeness (QED) is 0.343. The summed E-state index contributed by atoms with van der Waals surface area (Å²) in [7, 11) is -3.30. The van der Waals surface area contributed by atoms with E-state index in [0.717, 1.165) is 0 Å². The molecule has 1 heterocycles. The van der Waals surface area contributed by atoms with E-state index in [4.69, 9.17) is 16.8 Å². The second kappa shape index (κ2) is 6.87. The van der Waals surface area contributed by atoms with E-state index >= 15 is 0 Å². The van der Waals surface area contributed by atoms with Gasteiger partial charge in [0.1, 0.15) is 0 Å². The van der Waals surface area contributed by atoms with Crippen LogP contribution in [-0.4, -0.2) is 25.2 Å². The number of aromatic nitrogens is 1. The summed E-state index contributed by atoms with van der Waals surface area (Å²) in [5.41, 5.74) is 2.79. The van der Waals surface area contributed by atoms with Crippen LogP contribution >= 0.6 is 22.4 Å². The monoisotopic (exact) mass is 379 g/mol. The Bertz CT molecular complexity index is 934. The molecule has 7 nitrogen and oxygen atoms in total. The summed E-state index contributed by atoms with van der Waals surface area (Å²) >= 11 is 5.80. The van der Waals surface area contributed by atoms with Gasteiger partial charge in [0.05, 0.1) is 22.3 Å². The Morgan fingerprint density at radius 1 is 1.08 bits per heavy atom. The third-order valence-corrected chi connectivity index (χ3v) is 5.15. The highest BCUT2D eigenvalue weighted by Gasteiger charge is 2.16. The summed E-state index contributed by atoms with van der Waals surface area (Å²) in [6.45, 7) is 0. The van der Waals surface area contributed by atoms with Crippen LogP contribution in [-0.2, 0) is 0 Å². The number of hydrogen-bond acceptors (Lipinski definition) is 6. The molecule has 0 fully saturated rings. The average molecular weight is 380 g/mol. The van der Waals surface area contributed by atoms with Gasteiger partial charge in [0.15, 0.2) is 0 Å². The van der Waals surface area contributed by atoms with E-state index in [2.05, 4.69) is 9.71 Å². The molecule has 0 spiro atoms. The standard InChI is InChI=1S/C16H14ClN3O4S/c17-12-2-4-14(5-3-12)25(23,24)20-13-8-11-7-10(16(21)19-22)1-6-15(11)18-9-13/h1-9,20,22-24H,(H,19,21). The molecule has 0 radical (unpaired) electrons. The zero-order valence-electron chi connectivity index (χ0n) is 12.7. The molecule has 1 aromatic heterocycles. The molecule has 130 valence electrons. The molecular formula is C16H14ClN3O4S. The number of carbonyl (C=O) groups is 1. The first-order valence-corrected chi connectivity index (χ1v) is 8.97. The fraction of sp³-hybridized carbons (Fsp3) is 0. The molecule has 0 unspecified atom stereocenters. The van der Waals surface area contributed by atoms with Gasteiger partial charge in [0.2, 0.25) is 0 Å². The van der Waals surface area contributed by atoms with Gasteiger partial charge in [0.25, 0.3) is 5.91 Å². The van der Waals surface area contributed by atoms with Gasteiger partial charge in [-0.2, -0.15) is 0 Å². The lowest BCUT2D eigenvalue weighted by molar-refractivity contribution is 0.0706. The van der Waals surface area contributed by atoms with Crippen molar-refractivity contribution in [1.82, 2.24) is 10.5 Å². The van der Waals surface area contributed by atoms with Crippen LogP contribution in [0, 0.1) is 0 Å². The first-order valence-electron chi connectivity index (χ1n) is 7.05. The number of benzene rings is 2. The molecule has 5 N–H and O–H groups in total. The predicted molar refractivity (Wildman–Crippen MR) is 97.2 cm³/mol. The number of hydrogen-bond donors (Lipinski definition) is 5. The first-order chi connectivity index (χ1) is 11.9. The molecule has 0 atom stereocenters. The Morgan fingerprint density at radius 2 is 1.80 bits per heavy atom. The lowest BCUT2D eigenvalue weighted by Gasteiger charge is -2.33. The minimum Gasteiger partial charge on any atom is -0.288 e. The van der Waals surface area contributed by atoms with Crippen molar-refractivity contribution >= 4 is 44.9 Å². The summed E-state index contributed by atoms with van der Waals surface area (Å²) in [5, 5.41) is 9.80. The molecule has 2 aromatic carbocycles. The van der Waals surface area contributed by atoms with Crippen molar-refractivity contribution in [2.75, 3.05) is 4.72 Å². The van der Waals surface area contributed by atoms with Crippen molar-refractivity contribution in [3.63, 3.8) is 0 Å². The van der Waals surface area contributed by atoms with Crippen LogP contribution in [0.1, 0.15) is 10.4 Å². The highest BCUT2D eigenvalue weighted by molar-refractivity contribution is 8.25. The zero-order chi connectivity index (χ0) is 18.0. The SMILES string of the molecule is O=C(NO)c1ccc2ncc(NS(O)(O)c3ccc(Cl)cc3)cc2c1. The molecule has 9 heteroatoms. The Kier molecular flexibility index (Phi) is 4.80. The number of halogens is 1. The molecule has 3 aromatic rings. The number of fused-ring (bicyclic) bond motifs is 1. The largest absolute Gasteiger partial charge is 0.288 e. The Balaban J connectivity index is 1.92. The number of nitrogens with zero attached hydrogens (tertiary/aromatic N) is 1. The van der Waals surface area contributed by atoms with Gasteiger partial charge < -0.3 is 0 Å². The minimum absolute atomic E-state index is 0.248. The van der Waals surface area contributed by atoms with Crippen molar-refractivity contribution in [2.45, 2.75) is 4.90 Å². The molecule has 0 aliphatic carbocycles. The lowest BCUT2D eigenvalue weighted by atomic mass is 10.1. The number of carbonyl (C=O) groups excluding carboxylic acids is 1. The lowest BCUT2D eigenvalue weighted by Crippen LogP contribution is -2.18. The van der Waals surface area contributed by atoms with E-state index in [9.17, 15) is 13.9 Å². The predicted octanol–water partition coefficient (Wildman–Crippen LogP) is 4.14. The van der Waals surface area contributed by atoms with Gasteiger partial charge in [0, 0.05) is 16.0 Å². The second-order valence-corrected chi connectivity index (χ2v) is 7.39. The fourth-order valence-corrected chi connectivity index (χ4v) is 3.44. The van der Waals surface area contributed by atoms with Gasteiger partial charge >= 0.3 is 0 Å². The third kappa shape index (κ3) is 3.84. The van der Waals surface area contributed by atoms with Gasteiger partial charge in [-0.3, -0.25) is 28.8 Å². The summed E-state index contributed by atoms with van der Waals surface area (Å²) in [6, 6.07) is 12.5. The second-order valence-electron chi connectivity index (χ2n) is 5.18. The van der Waals surface area contributed by atoms with Crippen molar-refractivity contribution in [2.24, 2.45) is 0 Å². The maximum absolute atomic E-state index is 11.5. The Hall–Kier alpha value is -2.36. The van der Waals surface area contributed by atoms with Crippen molar-refractivity contribution < 1.29 is 19.1 Å². The summed E-state index contributed by atoms with van der Waals surface area (Å²) in [5.74, 6) is -0.647. The number of pyridine rings is 1. The maximum atomic E-state index is 11.5. The Labute approximate surface area is 149 Å². The number of amides is 1. The average Bonchev–Trinajstić information content (AvgIpc) is 2.60. The number of hydroxylamine groups is 1. The molecule has 1 amide bonds. The van der Waals surface area contributed by atoms with Crippen molar-refractivity contribution in [1.29, 1.82) is 0 Å². The van der Waals surface area contributed by atoms with E-state index in [0.29, 0.717) is 21.6 Å². The van der Waals surface area contributed by atoms with E-state index in [-0.39, 0.29) is 10.5 Å². The van der Waals surface area contributed by atoms with Crippen LogP contribution in [0.3, 0.4) is 0 Å². The highest BCUT2D eigenvalue weighted by Crippen LogP contribution is 2.47. The van der Waals surface area contributed by atoms with Crippen LogP contribution in [0.25, 0.3) is 10.9 Å². The third-order valence-electron chi connectivity index (χ3n) is 3.45. The van der Waals surface area contributed by atoms with E-state index in [1.165, 1.54) is 30.5 Å². The molecule has 0 aliphatic heterocycles. The smallest absolute Gasteiger partial charge is 0.274 e. The van der Waals surface area contributed by atoms with Gasteiger partial charge in [-0.15, -0.1) is 0 Å². The summed E-state index contributed by atoms with van der Waals surface area (Å²) < 4.78 is 23.3. The molecule has 0 aliphatic rings. The highest BCUT2D eigenvalue weighted by atomic mass is 35.5. The van der Waals surface area contributed by atoms with Gasteiger partial charge in [-0.25, -0.2) is 5.48 Å². The number of anilines is 1. The Morgan fingerprint density at radius 3 is 2.48 bits per heavy atom. The normalized spacial score (nSPS) is 12.0. The van der Waals surface area contributed by atoms with Crippen LogP contribution in [0.4, 0.5) is 5.69 Å². The van der Waals surface area contributed by atoms with Crippen molar-refractivity contribution in [3.05, 3.63) is 65.3 Å². The van der Waals surface area contributed by atoms with E-state index < -0.39 is 16.7 Å². The molecule has 25 heavy (non-hydrogen) atoms. The van der Waals surface area contributed by atoms with Gasteiger partial charge in [-0.1, -0.05) is 22.4 Å². The van der Waals surface area contributed by atoms with Crippen LogP contribution in [0.5, 0.6) is 0 Å². The molecular weight excluding hydrogens is 366 g/mol. The topological polar surface area (TPSA) is 115 Å². The van der Waals surface area contributed by atoms with E-state index in [1.54, 1.807) is 29.7 Å². The van der Waals surface area contributed by atoms with Gasteiger partial charge in [-0.05, 0) is 48.5 Å². The zero-order valence-corrected chi connectivity index (χ0v) is 14.3. The molecule has 3 rings (SSSR count). The number of rotatable bonds is 4. The molecule has 0 saturated heterocycles. The van der Waals surface area contributed by atoms with E-state index in [1.807, 2.05) is 0 Å². The minimum atomic E-state index is -3.30. The fourth-order valence-electron chi connectivity index (χ4n) is 2.24. The van der Waals surface area contributed by atoms with Crippen LogP contribution < -0.4 is 10.2 Å². The maximum Gasteiger partial charge on any atom is 0.274 e. The molecule has 0 saturated carbocycles. The summed E-state index contributed by atoms with van der Waals surface area (Å²) in [6.07, 6.45) is 1.46. The number of nitrogens with one attached hydrogen (secondary N) is 2.